The van der Waals surface area contributed by atoms with Gasteiger partial charge in [-0.05, 0) is 43.4 Å². The van der Waals surface area contributed by atoms with Crippen molar-refractivity contribution in [3.8, 4) is 0 Å². The number of rotatable bonds is 0. The van der Waals surface area contributed by atoms with Crippen molar-refractivity contribution in [2.75, 3.05) is 0 Å². The Kier molecular flexibility index (Phi) is 1.42. The van der Waals surface area contributed by atoms with E-state index in [1.807, 2.05) is 0 Å². The highest BCUT2D eigenvalue weighted by Gasteiger charge is 2.51. The molecule has 3 saturated carbocycles. The Hall–Kier alpha value is -0.260. The summed E-state index contributed by atoms with van der Waals surface area (Å²) < 4.78 is 0. The van der Waals surface area contributed by atoms with E-state index in [1.54, 1.807) is 5.57 Å². The van der Waals surface area contributed by atoms with Crippen molar-refractivity contribution in [3.63, 3.8) is 0 Å². The summed E-state index contributed by atoms with van der Waals surface area (Å²) in [4.78, 5) is 0. The molecule has 0 radical (unpaired) electrons. The van der Waals surface area contributed by atoms with Gasteiger partial charge < -0.3 is 0 Å². The van der Waals surface area contributed by atoms with Crippen LogP contribution in [0, 0.1) is 17.3 Å². The summed E-state index contributed by atoms with van der Waals surface area (Å²) in [5.41, 5.74) is 2.37. The minimum absolute atomic E-state index is 0.639. The summed E-state index contributed by atoms with van der Waals surface area (Å²) in [5, 5.41) is 0. The van der Waals surface area contributed by atoms with Crippen molar-refractivity contribution in [2.45, 2.75) is 40.0 Å². The van der Waals surface area contributed by atoms with E-state index in [0.29, 0.717) is 5.41 Å². The normalized spacial score (nSPS) is 43.7. The van der Waals surface area contributed by atoms with Gasteiger partial charge in [0, 0.05) is 0 Å². The first kappa shape index (κ1) is 7.39. The van der Waals surface area contributed by atoms with Crippen molar-refractivity contribution in [2.24, 2.45) is 17.3 Å². The molecule has 0 saturated heterocycles. The van der Waals surface area contributed by atoms with Crippen LogP contribution in [0.1, 0.15) is 40.0 Å². The molecule has 0 heterocycles. The van der Waals surface area contributed by atoms with E-state index in [2.05, 4.69) is 26.8 Å². The molecule has 2 atom stereocenters. The number of fused-ring (bicyclic) bond motifs is 2. The third-order valence-electron chi connectivity index (χ3n) is 4.07. The molecule has 0 spiro atoms. The molecule has 0 aromatic rings. The zero-order chi connectivity index (χ0) is 8.06. The molecule has 0 aromatic carbocycles. The molecule has 0 nitrogen and oxygen atoms in total. The van der Waals surface area contributed by atoms with Gasteiger partial charge in [0.15, 0.2) is 0 Å². The molecular weight excluding hydrogens is 132 g/mol. The van der Waals surface area contributed by atoms with Crippen LogP contribution in [0.15, 0.2) is 11.6 Å². The first-order valence-electron chi connectivity index (χ1n) is 4.81. The molecule has 3 aliphatic carbocycles. The van der Waals surface area contributed by atoms with Gasteiger partial charge in [-0.1, -0.05) is 25.5 Å². The molecule has 3 aliphatic rings. The molecule has 2 bridgehead atoms. The quantitative estimate of drug-likeness (QED) is 0.464. The average molecular weight is 150 g/mol. The van der Waals surface area contributed by atoms with Gasteiger partial charge in [0.2, 0.25) is 0 Å². The molecule has 3 rings (SSSR count). The second-order valence-electron chi connectivity index (χ2n) is 4.71. The van der Waals surface area contributed by atoms with Crippen LogP contribution in [0.5, 0.6) is 0 Å². The number of allylic oxidation sites excluding steroid dienone is 2. The summed E-state index contributed by atoms with van der Waals surface area (Å²) in [6, 6.07) is 0. The van der Waals surface area contributed by atoms with Gasteiger partial charge in [-0.25, -0.2) is 0 Å². The second kappa shape index (κ2) is 2.12. The lowest BCUT2D eigenvalue weighted by Gasteiger charge is -2.57. The third-order valence-corrected chi connectivity index (χ3v) is 4.07. The van der Waals surface area contributed by atoms with E-state index in [9.17, 15) is 0 Å². The maximum absolute atomic E-state index is 2.44. The topological polar surface area (TPSA) is 0 Å². The predicted molar refractivity (Wildman–Crippen MR) is 48.4 cm³/mol. The molecular formula is C11H18. The zero-order valence-corrected chi connectivity index (χ0v) is 7.85. The SMILES string of the molecule is C/C=C1\CCC2CC1C2(C)C. The highest BCUT2D eigenvalue weighted by molar-refractivity contribution is 5.20. The summed E-state index contributed by atoms with van der Waals surface area (Å²) in [6.45, 7) is 7.08. The molecule has 0 amide bonds. The fourth-order valence-corrected chi connectivity index (χ4v) is 3.00. The average Bonchev–Trinajstić information content (AvgIpc) is 2.04. The molecule has 3 fully saturated rings. The van der Waals surface area contributed by atoms with Crippen molar-refractivity contribution in [1.82, 2.24) is 0 Å². The van der Waals surface area contributed by atoms with Crippen LogP contribution in [0.25, 0.3) is 0 Å². The fourth-order valence-electron chi connectivity index (χ4n) is 3.00. The molecule has 0 N–H and O–H groups in total. The summed E-state index contributed by atoms with van der Waals surface area (Å²) in [6.07, 6.45) is 6.66. The lowest BCUT2D eigenvalue weighted by Crippen LogP contribution is -2.49. The van der Waals surface area contributed by atoms with Crippen molar-refractivity contribution < 1.29 is 0 Å². The van der Waals surface area contributed by atoms with Gasteiger partial charge in [0.25, 0.3) is 0 Å². The van der Waals surface area contributed by atoms with E-state index >= 15 is 0 Å². The number of hydrogen-bond donors (Lipinski definition) is 0. The minimum atomic E-state index is 0.639. The highest BCUT2D eigenvalue weighted by Crippen LogP contribution is 2.60. The summed E-state index contributed by atoms with van der Waals surface area (Å²) in [7, 11) is 0. The molecule has 0 aliphatic heterocycles. The van der Waals surface area contributed by atoms with Crippen LogP contribution < -0.4 is 0 Å². The van der Waals surface area contributed by atoms with E-state index in [4.69, 9.17) is 0 Å². The van der Waals surface area contributed by atoms with Gasteiger partial charge in [-0.15, -0.1) is 0 Å². The van der Waals surface area contributed by atoms with Gasteiger partial charge >= 0.3 is 0 Å². The van der Waals surface area contributed by atoms with E-state index < -0.39 is 0 Å². The second-order valence-corrected chi connectivity index (χ2v) is 4.71. The molecule has 0 heteroatoms. The standard InChI is InChI=1S/C11H18/c1-4-8-5-6-9-7-10(8)11(9,2)3/h4,9-10H,5-7H2,1-3H3/b8-4+. The minimum Gasteiger partial charge on any atom is -0.0882 e. The zero-order valence-electron chi connectivity index (χ0n) is 7.85. The Bertz CT molecular complexity index is 196. The van der Waals surface area contributed by atoms with Crippen LogP contribution in [0.2, 0.25) is 0 Å². The first-order valence-corrected chi connectivity index (χ1v) is 4.81. The lowest BCUT2D eigenvalue weighted by atomic mass is 9.47. The van der Waals surface area contributed by atoms with Crippen LogP contribution in [-0.2, 0) is 0 Å². The van der Waals surface area contributed by atoms with Crippen LogP contribution in [0.4, 0.5) is 0 Å². The lowest BCUT2D eigenvalue weighted by molar-refractivity contribution is -0.0278. The van der Waals surface area contributed by atoms with Crippen LogP contribution in [0.3, 0.4) is 0 Å². The highest BCUT2D eigenvalue weighted by atomic mass is 14.6. The Labute approximate surface area is 69.7 Å². The maximum Gasteiger partial charge on any atom is -0.0146 e. The Morgan fingerprint density at radius 2 is 2.18 bits per heavy atom. The monoisotopic (exact) mass is 150 g/mol. The number of hydrogen-bond acceptors (Lipinski definition) is 0. The fraction of sp³-hybridized carbons (Fsp3) is 0.818. The predicted octanol–water partition coefficient (Wildman–Crippen LogP) is 3.39. The van der Waals surface area contributed by atoms with Gasteiger partial charge in [0.05, 0.1) is 0 Å². The molecule has 62 valence electrons. The summed E-state index contributed by atoms with van der Waals surface area (Å²) in [5.74, 6) is 1.97. The van der Waals surface area contributed by atoms with Crippen molar-refractivity contribution in [1.29, 1.82) is 0 Å². The maximum atomic E-state index is 2.44. The Morgan fingerprint density at radius 3 is 2.55 bits per heavy atom. The smallest absolute Gasteiger partial charge is 0.0146 e. The van der Waals surface area contributed by atoms with E-state index in [-0.39, 0.29) is 0 Å². The first-order chi connectivity index (χ1) is 5.16. The van der Waals surface area contributed by atoms with Crippen molar-refractivity contribution in [3.05, 3.63) is 11.6 Å². The Balaban J connectivity index is 2.23. The van der Waals surface area contributed by atoms with Crippen LogP contribution in [-0.4, -0.2) is 0 Å². The van der Waals surface area contributed by atoms with Crippen LogP contribution >= 0.6 is 0 Å². The van der Waals surface area contributed by atoms with Gasteiger partial charge in [-0.3, -0.25) is 0 Å². The van der Waals surface area contributed by atoms with E-state index in [1.165, 1.54) is 19.3 Å². The molecule has 11 heavy (non-hydrogen) atoms. The molecule has 0 aromatic heterocycles. The molecule has 2 unspecified atom stereocenters. The Morgan fingerprint density at radius 1 is 1.45 bits per heavy atom. The van der Waals surface area contributed by atoms with Crippen molar-refractivity contribution >= 4 is 0 Å². The largest absolute Gasteiger partial charge is 0.0882 e. The summed E-state index contributed by atoms with van der Waals surface area (Å²) >= 11 is 0. The van der Waals surface area contributed by atoms with Gasteiger partial charge in [-0.2, -0.15) is 0 Å². The van der Waals surface area contributed by atoms with E-state index in [0.717, 1.165) is 11.8 Å². The third kappa shape index (κ3) is 0.816. The van der Waals surface area contributed by atoms with Gasteiger partial charge in [0.1, 0.15) is 0 Å².